The molecule has 0 aliphatic heterocycles. The fraction of sp³-hybridized carbons (Fsp3) is 0.471. The van der Waals surface area contributed by atoms with Gasteiger partial charge in [0.2, 0.25) is 0 Å². The minimum absolute atomic E-state index is 0.0516. The summed E-state index contributed by atoms with van der Waals surface area (Å²) in [6, 6.07) is 8.40. The van der Waals surface area contributed by atoms with E-state index in [9.17, 15) is 0 Å². The largest absolute Gasteiger partial charge is 0.496 e. The summed E-state index contributed by atoms with van der Waals surface area (Å²) < 4.78 is 10.8. The van der Waals surface area contributed by atoms with Crippen LogP contribution >= 0.6 is 11.3 Å². The van der Waals surface area contributed by atoms with Crippen molar-refractivity contribution in [1.82, 2.24) is 9.88 Å². The molecule has 0 bridgehead atoms. The minimum Gasteiger partial charge on any atom is -0.496 e. The smallest absolute Gasteiger partial charge is 0.123 e. The van der Waals surface area contributed by atoms with Crippen molar-refractivity contribution < 1.29 is 9.47 Å². The maximum absolute atomic E-state index is 5.46. The Labute approximate surface area is 136 Å². The van der Waals surface area contributed by atoms with Crippen LogP contribution < -0.4 is 4.74 Å². The van der Waals surface area contributed by atoms with Gasteiger partial charge in [-0.3, -0.25) is 4.90 Å². The molecule has 1 aromatic heterocycles. The molecule has 0 radical (unpaired) electrons. The third-order valence-electron chi connectivity index (χ3n) is 3.93. The van der Waals surface area contributed by atoms with E-state index in [0.29, 0.717) is 0 Å². The lowest BCUT2D eigenvalue weighted by Crippen LogP contribution is -2.22. The number of methoxy groups -OCH3 is 2. The second-order valence-corrected chi connectivity index (χ2v) is 6.28. The van der Waals surface area contributed by atoms with Crippen molar-refractivity contribution in [2.24, 2.45) is 0 Å². The monoisotopic (exact) mass is 320 g/mol. The van der Waals surface area contributed by atoms with Gasteiger partial charge < -0.3 is 9.47 Å². The van der Waals surface area contributed by atoms with Gasteiger partial charge in [-0.25, -0.2) is 4.98 Å². The number of hydrogen-bond donors (Lipinski definition) is 0. The first-order valence-corrected chi connectivity index (χ1v) is 8.25. The molecule has 1 heterocycles. The summed E-state index contributed by atoms with van der Waals surface area (Å²) in [7, 11) is 5.53. The van der Waals surface area contributed by atoms with Crippen LogP contribution in [-0.4, -0.2) is 31.2 Å². The van der Waals surface area contributed by atoms with Crippen molar-refractivity contribution in [1.29, 1.82) is 0 Å². The minimum atomic E-state index is 0.0516. The van der Waals surface area contributed by atoms with Gasteiger partial charge in [0.15, 0.2) is 0 Å². The maximum atomic E-state index is 5.46. The molecule has 2 aromatic rings. The van der Waals surface area contributed by atoms with Crippen LogP contribution in [0.25, 0.3) is 0 Å². The predicted molar refractivity (Wildman–Crippen MR) is 90.4 cm³/mol. The number of benzene rings is 1. The third-order valence-corrected chi connectivity index (χ3v) is 4.99. The number of hydrogen-bond acceptors (Lipinski definition) is 5. The fourth-order valence-electron chi connectivity index (χ4n) is 2.32. The first-order valence-electron chi connectivity index (χ1n) is 7.37. The molecule has 0 amide bonds. The molecule has 1 aromatic carbocycles. The first-order chi connectivity index (χ1) is 10.6. The molecule has 0 saturated carbocycles. The Bertz CT molecular complexity index is 600. The van der Waals surface area contributed by atoms with Gasteiger partial charge in [0.05, 0.1) is 12.8 Å². The van der Waals surface area contributed by atoms with Gasteiger partial charge in [0, 0.05) is 30.6 Å². The van der Waals surface area contributed by atoms with Crippen LogP contribution in [0.3, 0.4) is 0 Å². The van der Waals surface area contributed by atoms with Gasteiger partial charge in [-0.05, 0) is 27.0 Å². The molecular formula is C17H24N2O2S. The highest BCUT2D eigenvalue weighted by atomic mass is 32.1. The molecule has 2 atom stereocenters. The van der Waals surface area contributed by atoms with Gasteiger partial charge in [-0.15, -0.1) is 11.3 Å². The van der Waals surface area contributed by atoms with Crippen LogP contribution in [0, 0.1) is 0 Å². The van der Waals surface area contributed by atoms with Gasteiger partial charge in [-0.1, -0.05) is 18.2 Å². The molecule has 0 N–H and O–H groups in total. The summed E-state index contributed by atoms with van der Waals surface area (Å²) in [4.78, 5) is 6.93. The lowest BCUT2D eigenvalue weighted by Gasteiger charge is -2.25. The Morgan fingerprint density at radius 3 is 2.64 bits per heavy atom. The van der Waals surface area contributed by atoms with Gasteiger partial charge in [-0.2, -0.15) is 0 Å². The summed E-state index contributed by atoms with van der Waals surface area (Å²) in [5.74, 6) is 0.925. The quantitative estimate of drug-likeness (QED) is 0.771. The third kappa shape index (κ3) is 3.85. The number of nitrogens with zero attached hydrogens (tertiary/aromatic N) is 2. The molecule has 4 nitrogen and oxygen atoms in total. The van der Waals surface area contributed by atoms with Crippen molar-refractivity contribution in [3.05, 3.63) is 45.9 Å². The Morgan fingerprint density at radius 2 is 1.95 bits per heavy atom. The predicted octanol–water partition coefficient (Wildman–Crippen LogP) is 4.05. The molecule has 2 rings (SSSR count). The molecule has 0 aliphatic carbocycles. The molecular weight excluding hydrogens is 296 g/mol. The van der Waals surface area contributed by atoms with Gasteiger partial charge in [0.25, 0.3) is 0 Å². The summed E-state index contributed by atoms with van der Waals surface area (Å²) in [6.45, 7) is 5.00. The topological polar surface area (TPSA) is 34.6 Å². The molecule has 0 saturated heterocycles. The zero-order chi connectivity index (χ0) is 16.1. The molecule has 22 heavy (non-hydrogen) atoms. The van der Waals surface area contributed by atoms with E-state index in [1.807, 2.05) is 25.1 Å². The van der Waals surface area contributed by atoms with Crippen molar-refractivity contribution in [2.75, 3.05) is 21.3 Å². The van der Waals surface area contributed by atoms with Crippen molar-refractivity contribution in [2.45, 2.75) is 32.5 Å². The Kier molecular flexibility index (Phi) is 5.94. The van der Waals surface area contributed by atoms with Gasteiger partial charge in [0.1, 0.15) is 16.9 Å². The number of para-hydroxylation sites is 1. The first kappa shape index (κ1) is 16.9. The Balaban J connectivity index is 2.08. The molecule has 120 valence electrons. The fourth-order valence-corrected chi connectivity index (χ4v) is 3.17. The summed E-state index contributed by atoms with van der Waals surface area (Å²) >= 11 is 1.65. The van der Waals surface area contributed by atoms with Crippen LogP contribution in [0.15, 0.2) is 29.6 Å². The Hall–Kier alpha value is -1.43. The zero-order valence-corrected chi connectivity index (χ0v) is 14.7. The van der Waals surface area contributed by atoms with E-state index < -0.39 is 0 Å². The van der Waals surface area contributed by atoms with E-state index in [0.717, 1.165) is 23.0 Å². The summed E-state index contributed by atoms with van der Waals surface area (Å²) in [6.07, 6.45) is 0.0516. The average Bonchev–Trinajstić information content (AvgIpc) is 3.01. The SMILES string of the molecule is COc1ccccc1[C@H](C)N(C)Cc1csc([C@H](C)OC)n1. The average molecular weight is 320 g/mol. The van der Waals surface area contributed by atoms with Crippen LogP contribution in [0.5, 0.6) is 5.75 Å². The summed E-state index contributed by atoms with van der Waals surface area (Å²) in [5.41, 5.74) is 2.27. The highest BCUT2D eigenvalue weighted by Crippen LogP contribution is 2.29. The molecule has 0 fully saturated rings. The van der Waals surface area contributed by atoms with E-state index in [-0.39, 0.29) is 12.1 Å². The highest BCUT2D eigenvalue weighted by molar-refractivity contribution is 7.09. The molecule has 0 aliphatic rings. The normalized spacial score (nSPS) is 14.1. The van der Waals surface area contributed by atoms with Gasteiger partial charge >= 0.3 is 0 Å². The molecule has 5 heteroatoms. The van der Waals surface area contributed by atoms with Crippen molar-refractivity contribution in [3.63, 3.8) is 0 Å². The lowest BCUT2D eigenvalue weighted by molar-refractivity contribution is 0.119. The van der Waals surface area contributed by atoms with Crippen LogP contribution in [0.1, 0.15) is 42.3 Å². The number of rotatable bonds is 7. The van der Waals surface area contributed by atoms with E-state index in [1.54, 1.807) is 25.6 Å². The van der Waals surface area contributed by atoms with E-state index in [1.165, 1.54) is 5.56 Å². The van der Waals surface area contributed by atoms with Crippen LogP contribution in [0.2, 0.25) is 0 Å². The van der Waals surface area contributed by atoms with Crippen molar-refractivity contribution in [3.8, 4) is 5.75 Å². The highest BCUT2D eigenvalue weighted by Gasteiger charge is 2.17. The lowest BCUT2D eigenvalue weighted by atomic mass is 10.1. The number of thiazole rings is 1. The number of ether oxygens (including phenoxy) is 2. The zero-order valence-electron chi connectivity index (χ0n) is 13.9. The van der Waals surface area contributed by atoms with E-state index in [2.05, 4.69) is 35.3 Å². The Morgan fingerprint density at radius 1 is 1.23 bits per heavy atom. The van der Waals surface area contributed by atoms with Crippen molar-refractivity contribution >= 4 is 11.3 Å². The van der Waals surface area contributed by atoms with Crippen LogP contribution in [-0.2, 0) is 11.3 Å². The van der Waals surface area contributed by atoms with E-state index in [4.69, 9.17) is 9.47 Å². The van der Waals surface area contributed by atoms with Crippen LogP contribution in [0.4, 0.5) is 0 Å². The molecule has 0 unspecified atom stereocenters. The standard InChI is InChI=1S/C17H24N2O2S/c1-12(15-8-6-7-9-16(15)21-5)19(3)10-14-11-22-17(18-14)13(2)20-4/h6-9,11-13H,10H2,1-5H3/t12-,13-/m0/s1. The second-order valence-electron chi connectivity index (χ2n) is 5.39. The maximum Gasteiger partial charge on any atom is 0.123 e. The summed E-state index contributed by atoms with van der Waals surface area (Å²) in [5, 5.41) is 3.13. The molecule has 0 spiro atoms. The second kappa shape index (κ2) is 7.72. The number of aromatic nitrogens is 1. The van der Waals surface area contributed by atoms with E-state index >= 15 is 0 Å².